The van der Waals surface area contributed by atoms with Crippen LogP contribution in [0.1, 0.15) is 83.3 Å². The minimum atomic E-state index is 0.484. The van der Waals surface area contributed by atoms with Gasteiger partial charge in [0.1, 0.15) is 82.0 Å². The molecule has 0 fully saturated rings. The molecule has 0 spiro atoms. The number of benzene rings is 8. The smallest absolute Gasteiger partial charge is 0.148 e. The molecule has 0 unspecified atom stereocenters. The summed E-state index contributed by atoms with van der Waals surface area (Å²) in [4.78, 5) is 26.1. The second-order valence-electron chi connectivity index (χ2n) is 22.1. The van der Waals surface area contributed by atoms with Crippen molar-refractivity contribution in [3.05, 3.63) is 238 Å². The number of pyridine rings is 2. The number of ether oxygens (including phenoxy) is 6. The molecule has 0 amide bonds. The van der Waals surface area contributed by atoms with E-state index < -0.39 is 0 Å². The highest BCUT2D eigenvalue weighted by molar-refractivity contribution is 5.99. The molecular weight excluding hydrogens is 1200 g/mol. The Kier molecular flexibility index (Phi) is 24.5. The number of rotatable bonds is 22. The quantitative estimate of drug-likeness (QED) is 0.0494. The molecule has 12 aromatic rings. The number of anilines is 4. The van der Waals surface area contributed by atoms with Crippen LogP contribution in [0, 0.1) is 22.7 Å². The monoisotopic (exact) mass is 1280 g/mol. The van der Waals surface area contributed by atoms with Gasteiger partial charge in [-0.05, 0) is 119 Å². The van der Waals surface area contributed by atoms with Crippen molar-refractivity contribution < 1.29 is 28.4 Å². The molecule has 4 heterocycles. The van der Waals surface area contributed by atoms with Crippen LogP contribution < -0.4 is 49.7 Å². The Balaban J connectivity index is 0.000000150. The molecule has 96 heavy (non-hydrogen) atoms. The molecule has 488 valence electrons. The van der Waals surface area contributed by atoms with Crippen LogP contribution in [0.2, 0.25) is 0 Å². The molecule has 0 radical (unpaired) electrons. The number of nitriles is 2. The van der Waals surface area contributed by atoms with E-state index in [1.54, 1.807) is 73.8 Å². The fourth-order valence-electron chi connectivity index (χ4n) is 10.5. The van der Waals surface area contributed by atoms with Crippen molar-refractivity contribution in [1.82, 2.24) is 29.9 Å². The Bertz CT molecular complexity index is 4640. The molecule has 0 saturated carbocycles. The maximum Gasteiger partial charge on any atom is 0.148 e. The van der Waals surface area contributed by atoms with E-state index in [1.165, 1.54) is 38.9 Å². The highest BCUT2D eigenvalue weighted by Gasteiger charge is 2.16. The van der Waals surface area contributed by atoms with Crippen LogP contribution in [-0.2, 0) is 51.9 Å². The highest BCUT2D eigenvalue weighted by atomic mass is 16.5. The van der Waals surface area contributed by atoms with Gasteiger partial charge >= 0.3 is 0 Å². The lowest BCUT2D eigenvalue weighted by molar-refractivity contribution is 0.397. The Morgan fingerprint density at radius 1 is 0.323 bits per heavy atom. The largest absolute Gasteiger partial charge is 0.497 e. The summed E-state index contributed by atoms with van der Waals surface area (Å²) in [6.45, 7) is 11.3. The normalized spacial score (nSPS) is 10.5. The third-order valence-corrected chi connectivity index (χ3v) is 16.2. The minimum absolute atomic E-state index is 0.484. The summed E-state index contributed by atoms with van der Waals surface area (Å²) in [5, 5.41) is 36.0. The van der Waals surface area contributed by atoms with E-state index in [-0.39, 0.29) is 0 Å². The highest BCUT2D eigenvalue weighted by Crippen LogP contribution is 2.37. The predicted molar refractivity (Wildman–Crippen MR) is 384 cm³/mol. The van der Waals surface area contributed by atoms with E-state index in [4.69, 9.17) is 28.4 Å². The molecule has 0 aliphatic carbocycles. The van der Waals surface area contributed by atoms with Gasteiger partial charge in [-0.1, -0.05) is 125 Å². The van der Waals surface area contributed by atoms with Crippen molar-refractivity contribution in [1.29, 1.82) is 10.5 Å². The fourth-order valence-corrected chi connectivity index (χ4v) is 10.5. The van der Waals surface area contributed by atoms with Gasteiger partial charge < -0.3 is 49.7 Å². The maximum absolute atomic E-state index is 9.50. The third kappa shape index (κ3) is 17.5. The van der Waals surface area contributed by atoms with Crippen LogP contribution in [-0.4, -0.2) is 72.6 Å². The molecular formula is C78H80N12O6. The van der Waals surface area contributed by atoms with Crippen molar-refractivity contribution in [2.75, 3.05) is 63.9 Å². The van der Waals surface area contributed by atoms with Gasteiger partial charge in [0.25, 0.3) is 0 Å². The van der Waals surface area contributed by atoms with Gasteiger partial charge in [-0.2, -0.15) is 10.5 Å². The SMILES string of the molecule is CCc1ccc(CNc2c(C#N)cnc3c(OC)cc(OC)cc23)cc1.CCc1ccc(CNc2c(C#N)cnc3ccc(OC)cc23)cc1.CCc1ccc(CNc2ncnc3c(OC)cc(OC)cc23)cc1.CCc1ccc(CNc2ncnc3ccc(OC)cc23)cc1. The number of aromatic nitrogens is 6. The summed E-state index contributed by atoms with van der Waals surface area (Å²) >= 11 is 0. The maximum atomic E-state index is 9.50. The molecule has 12 rings (SSSR count). The van der Waals surface area contributed by atoms with E-state index in [0.29, 0.717) is 59.3 Å². The molecule has 0 aliphatic heterocycles. The van der Waals surface area contributed by atoms with Gasteiger partial charge in [0.05, 0.1) is 81.6 Å². The van der Waals surface area contributed by atoms with Crippen molar-refractivity contribution in [2.24, 2.45) is 0 Å². The number of hydrogen-bond acceptors (Lipinski definition) is 18. The number of fused-ring (bicyclic) bond motifs is 4. The number of nitrogens with zero attached hydrogens (tertiary/aromatic N) is 8. The average Bonchev–Trinajstić information content (AvgIpc) is 0.826. The molecule has 0 aliphatic rings. The standard InChI is InChI=1S/C21H21N3O2.C20H19N3O.C19H21N3O2.C18H19N3O/c1-4-14-5-7-15(8-6-14)12-23-20-16(11-22)13-24-21-18(20)9-17(25-2)10-19(21)26-3;1-3-14-4-6-15(7-5-14)12-23-20-16(11-21)13-22-19-9-8-17(24-2)10-18(19)20;1-4-13-5-7-14(8-6-13)11-20-19-16-9-15(23-2)10-17(24-3)18(16)21-12-22-19;1-3-13-4-6-14(7-5-13)11-19-18-16-10-15(22-2)8-9-17(16)20-12-21-18/h5-10,13H,4,12H2,1-3H3,(H,23,24);4-10,13H,3,12H2,1-2H3,(H,22,23);5-10,12H,4,11H2,1-3H3,(H,20,21,22);4-10,12H,3,11H2,1-2H3,(H,19,20,21). The van der Waals surface area contributed by atoms with Crippen LogP contribution in [0.5, 0.6) is 34.5 Å². The number of hydrogen-bond donors (Lipinski definition) is 4. The lowest BCUT2D eigenvalue weighted by atomic mass is 10.1. The Morgan fingerprint density at radius 2 is 0.667 bits per heavy atom. The first-order valence-electron chi connectivity index (χ1n) is 31.7. The van der Waals surface area contributed by atoms with Crippen LogP contribution >= 0.6 is 0 Å². The van der Waals surface area contributed by atoms with Crippen LogP contribution in [0.25, 0.3) is 43.6 Å². The topological polar surface area (TPSA) is 228 Å². The molecule has 18 nitrogen and oxygen atoms in total. The van der Waals surface area contributed by atoms with E-state index >= 15 is 0 Å². The van der Waals surface area contributed by atoms with Gasteiger partial charge in [0.2, 0.25) is 0 Å². The summed E-state index contributed by atoms with van der Waals surface area (Å²) in [6, 6.07) is 57.4. The zero-order valence-electron chi connectivity index (χ0n) is 56.0. The van der Waals surface area contributed by atoms with E-state index in [0.717, 1.165) is 110 Å². The Hall–Kier alpha value is -11.8. The van der Waals surface area contributed by atoms with Gasteiger partial charge in [-0.15, -0.1) is 0 Å². The number of methoxy groups -OCH3 is 6. The van der Waals surface area contributed by atoms with Gasteiger partial charge in [-0.25, -0.2) is 19.9 Å². The van der Waals surface area contributed by atoms with Crippen LogP contribution in [0.3, 0.4) is 0 Å². The Morgan fingerprint density at radius 3 is 1.08 bits per heavy atom. The van der Waals surface area contributed by atoms with Crippen molar-refractivity contribution in [3.63, 3.8) is 0 Å². The molecule has 0 bridgehead atoms. The first-order valence-corrected chi connectivity index (χ1v) is 31.7. The second kappa shape index (κ2) is 34.2. The summed E-state index contributed by atoms with van der Waals surface area (Å²) < 4.78 is 32.1. The first-order chi connectivity index (χ1) is 47.0. The summed E-state index contributed by atoms with van der Waals surface area (Å²) in [5.41, 5.74) is 15.8. The molecule has 8 aromatic carbocycles. The lowest BCUT2D eigenvalue weighted by Gasteiger charge is -2.14. The molecule has 4 N–H and O–H groups in total. The second-order valence-corrected chi connectivity index (χ2v) is 22.1. The van der Waals surface area contributed by atoms with Gasteiger partial charge in [0, 0.05) is 66.9 Å². The van der Waals surface area contributed by atoms with Gasteiger partial charge in [0.15, 0.2) is 0 Å². The number of nitrogens with one attached hydrogen (secondary N) is 4. The summed E-state index contributed by atoms with van der Waals surface area (Å²) in [5.74, 6) is 5.78. The van der Waals surface area contributed by atoms with Gasteiger partial charge in [-0.3, -0.25) is 9.97 Å². The van der Waals surface area contributed by atoms with E-state index in [9.17, 15) is 10.5 Å². The summed E-state index contributed by atoms with van der Waals surface area (Å²) in [6.07, 6.45) is 10.4. The summed E-state index contributed by atoms with van der Waals surface area (Å²) in [7, 11) is 9.74. The Labute approximate surface area is 561 Å². The van der Waals surface area contributed by atoms with E-state index in [2.05, 4.69) is 188 Å². The lowest BCUT2D eigenvalue weighted by Crippen LogP contribution is -2.04. The molecule has 0 atom stereocenters. The predicted octanol–water partition coefficient (Wildman–Crippen LogP) is 16.2. The number of aryl methyl sites for hydroxylation is 4. The molecule has 18 heteroatoms. The first kappa shape index (κ1) is 68.6. The third-order valence-electron chi connectivity index (χ3n) is 16.2. The molecule has 4 aromatic heterocycles. The van der Waals surface area contributed by atoms with Crippen LogP contribution in [0.15, 0.2) is 183 Å². The van der Waals surface area contributed by atoms with E-state index in [1.807, 2.05) is 54.6 Å². The zero-order valence-corrected chi connectivity index (χ0v) is 56.0. The average molecular weight is 1280 g/mol. The van der Waals surface area contributed by atoms with Crippen molar-refractivity contribution in [3.8, 4) is 46.6 Å². The van der Waals surface area contributed by atoms with Crippen LogP contribution in [0.4, 0.5) is 23.0 Å². The van der Waals surface area contributed by atoms with Crippen molar-refractivity contribution >= 4 is 66.6 Å². The zero-order chi connectivity index (χ0) is 67.8. The molecule has 0 saturated heterocycles. The fraction of sp³-hybridized carbons (Fsp3) is 0.231. The van der Waals surface area contributed by atoms with Crippen molar-refractivity contribution in [2.45, 2.75) is 79.6 Å². The minimum Gasteiger partial charge on any atom is -0.497 e.